The van der Waals surface area contributed by atoms with Crippen molar-refractivity contribution >= 4 is 23.5 Å². The first-order valence-electron chi connectivity index (χ1n) is 10.9. The zero-order valence-corrected chi connectivity index (χ0v) is 18.8. The highest BCUT2D eigenvalue weighted by Gasteiger charge is 2.32. The highest BCUT2D eigenvalue weighted by atomic mass is 19.4. The normalized spacial score (nSPS) is 23.6. The van der Waals surface area contributed by atoms with E-state index in [4.69, 9.17) is 9.72 Å². The number of aromatic nitrogens is 3. The number of anilines is 3. The minimum atomic E-state index is -4.47. The van der Waals surface area contributed by atoms with Gasteiger partial charge < -0.3 is 19.9 Å². The highest BCUT2D eigenvalue weighted by Crippen LogP contribution is 2.32. The van der Waals surface area contributed by atoms with E-state index in [1.54, 1.807) is 11.0 Å². The van der Waals surface area contributed by atoms with Crippen LogP contribution in [0, 0.1) is 0 Å². The van der Waals surface area contributed by atoms with Crippen LogP contribution in [-0.4, -0.2) is 64.1 Å². The number of hydrogen-bond donors (Lipinski definition) is 1. The van der Waals surface area contributed by atoms with Gasteiger partial charge >= 0.3 is 6.18 Å². The van der Waals surface area contributed by atoms with Gasteiger partial charge in [0, 0.05) is 51.3 Å². The minimum absolute atomic E-state index is 0.00845. The van der Waals surface area contributed by atoms with Crippen molar-refractivity contribution in [2.45, 2.75) is 51.5 Å². The summed E-state index contributed by atoms with van der Waals surface area (Å²) in [4.78, 5) is 29.0. The van der Waals surface area contributed by atoms with Crippen molar-refractivity contribution in [3.05, 3.63) is 35.7 Å². The van der Waals surface area contributed by atoms with Gasteiger partial charge in [-0.15, -0.1) is 0 Å². The summed E-state index contributed by atoms with van der Waals surface area (Å²) in [6, 6.07) is 3.60. The second kappa shape index (κ2) is 9.12. The highest BCUT2D eigenvalue weighted by molar-refractivity contribution is 5.73. The van der Waals surface area contributed by atoms with Gasteiger partial charge in [0.1, 0.15) is 11.6 Å². The van der Waals surface area contributed by atoms with Crippen LogP contribution in [0.25, 0.3) is 0 Å². The number of alkyl halides is 3. The van der Waals surface area contributed by atoms with Gasteiger partial charge in [0.25, 0.3) is 0 Å². The van der Waals surface area contributed by atoms with Gasteiger partial charge in [0.15, 0.2) is 0 Å². The van der Waals surface area contributed by atoms with E-state index in [2.05, 4.69) is 15.3 Å². The number of pyridine rings is 1. The maximum atomic E-state index is 13.1. The number of morpholine rings is 1. The molecule has 3 atom stereocenters. The molecule has 3 unspecified atom stereocenters. The Labute approximate surface area is 190 Å². The predicted molar refractivity (Wildman–Crippen MR) is 116 cm³/mol. The average molecular weight is 464 g/mol. The third kappa shape index (κ3) is 5.52. The Kier molecular flexibility index (Phi) is 6.42. The summed E-state index contributed by atoms with van der Waals surface area (Å²) in [5, 5.41) is 2.92. The standard InChI is InChI=1S/C22H27F3N6O2/c1-13-10-31(11-14(2)33-13)21-27-18(16-5-7-30(12-16)15(3)32)9-20(29-21)28-19-8-17(4-6-26-19)22(23,24)25/h4,6,8-9,13-14,16H,5,7,10-12H2,1-3H3,(H,26,27,28,29). The molecule has 0 bridgehead atoms. The van der Waals surface area contributed by atoms with Crippen LogP contribution < -0.4 is 10.2 Å². The maximum absolute atomic E-state index is 13.1. The number of halogens is 3. The van der Waals surface area contributed by atoms with Crippen molar-refractivity contribution in [3.63, 3.8) is 0 Å². The van der Waals surface area contributed by atoms with E-state index in [1.165, 1.54) is 6.92 Å². The Balaban J connectivity index is 1.66. The molecule has 2 aromatic rings. The number of ether oxygens (including phenoxy) is 1. The van der Waals surface area contributed by atoms with Crippen LogP contribution in [-0.2, 0) is 15.7 Å². The topological polar surface area (TPSA) is 83.5 Å². The minimum Gasteiger partial charge on any atom is -0.372 e. The Bertz CT molecular complexity index is 1010. The molecule has 33 heavy (non-hydrogen) atoms. The monoisotopic (exact) mass is 464 g/mol. The largest absolute Gasteiger partial charge is 0.416 e. The van der Waals surface area contributed by atoms with E-state index < -0.39 is 11.7 Å². The third-order valence-electron chi connectivity index (χ3n) is 5.83. The molecular formula is C22H27F3N6O2. The summed E-state index contributed by atoms with van der Waals surface area (Å²) in [5.74, 6) is 0.900. The van der Waals surface area contributed by atoms with E-state index in [-0.39, 0.29) is 29.9 Å². The van der Waals surface area contributed by atoms with Crippen molar-refractivity contribution in [2.24, 2.45) is 0 Å². The molecule has 2 saturated heterocycles. The Morgan fingerprint density at radius 3 is 2.48 bits per heavy atom. The second-order valence-corrected chi connectivity index (χ2v) is 8.64. The number of hydrogen-bond acceptors (Lipinski definition) is 7. The van der Waals surface area contributed by atoms with E-state index in [0.29, 0.717) is 37.9 Å². The first-order valence-corrected chi connectivity index (χ1v) is 10.9. The summed E-state index contributed by atoms with van der Waals surface area (Å²) < 4.78 is 45.2. The number of carbonyl (C=O) groups excluding carboxylic acids is 1. The number of amides is 1. The fraction of sp³-hybridized carbons (Fsp3) is 0.545. The SMILES string of the molecule is CC(=O)N1CCC(c2cc(Nc3cc(C(F)(F)F)ccn3)nc(N3CC(C)OC(C)C3)n2)C1. The molecule has 178 valence electrons. The van der Waals surface area contributed by atoms with Crippen LogP contribution >= 0.6 is 0 Å². The number of nitrogens with zero attached hydrogens (tertiary/aromatic N) is 5. The Morgan fingerprint density at radius 1 is 1.12 bits per heavy atom. The van der Waals surface area contributed by atoms with Gasteiger partial charge in [-0.05, 0) is 32.4 Å². The molecule has 2 fully saturated rings. The number of nitrogens with one attached hydrogen (secondary N) is 1. The number of carbonyl (C=O) groups is 1. The summed E-state index contributed by atoms with van der Waals surface area (Å²) in [7, 11) is 0. The quantitative estimate of drug-likeness (QED) is 0.741. The molecule has 0 spiro atoms. The lowest BCUT2D eigenvalue weighted by Crippen LogP contribution is -2.46. The molecule has 2 aliphatic heterocycles. The summed E-state index contributed by atoms with van der Waals surface area (Å²) >= 11 is 0. The lowest BCUT2D eigenvalue weighted by molar-refractivity contribution is -0.137. The molecule has 2 aliphatic rings. The molecule has 0 aromatic carbocycles. The molecule has 8 nitrogen and oxygen atoms in total. The first-order chi connectivity index (χ1) is 15.6. The molecule has 1 amide bonds. The molecule has 11 heteroatoms. The molecule has 0 aliphatic carbocycles. The van der Waals surface area contributed by atoms with Gasteiger partial charge in [-0.25, -0.2) is 9.97 Å². The first kappa shape index (κ1) is 23.2. The van der Waals surface area contributed by atoms with E-state index in [1.807, 2.05) is 18.7 Å². The smallest absolute Gasteiger partial charge is 0.372 e. The van der Waals surface area contributed by atoms with Gasteiger partial charge in [-0.1, -0.05) is 0 Å². The van der Waals surface area contributed by atoms with Crippen LogP contribution in [0.5, 0.6) is 0 Å². The van der Waals surface area contributed by atoms with E-state index >= 15 is 0 Å². The van der Waals surface area contributed by atoms with Crippen LogP contribution in [0.3, 0.4) is 0 Å². The summed E-state index contributed by atoms with van der Waals surface area (Å²) in [5.41, 5.74) is -0.0525. The van der Waals surface area contributed by atoms with Gasteiger partial charge in [-0.2, -0.15) is 18.2 Å². The van der Waals surface area contributed by atoms with Crippen molar-refractivity contribution in [1.29, 1.82) is 0 Å². The maximum Gasteiger partial charge on any atom is 0.416 e. The lowest BCUT2D eigenvalue weighted by Gasteiger charge is -2.35. The second-order valence-electron chi connectivity index (χ2n) is 8.64. The van der Waals surface area contributed by atoms with Crippen molar-refractivity contribution in [2.75, 3.05) is 36.4 Å². The van der Waals surface area contributed by atoms with Crippen LogP contribution in [0.4, 0.5) is 30.8 Å². The molecule has 4 heterocycles. The third-order valence-corrected chi connectivity index (χ3v) is 5.83. The fourth-order valence-electron chi connectivity index (χ4n) is 4.30. The zero-order valence-electron chi connectivity index (χ0n) is 18.8. The van der Waals surface area contributed by atoms with Gasteiger partial charge in [0.2, 0.25) is 11.9 Å². The fourth-order valence-corrected chi connectivity index (χ4v) is 4.30. The summed E-state index contributed by atoms with van der Waals surface area (Å²) in [6.07, 6.45) is -2.62. The number of rotatable bonds is 4. The van der Waals surface area contributed by atoms with Gasteiger partial charge in [0.05, 0.1) is 23.5 Å². The van der Waals surface area contributed by atoms with Crippen LogP contribution in [0.1, 0.15) is 44.4 Å². The molecule has 4 rings (SSSR count). The Morgan fingerprint density at radius 2 is 1.85 bits per heavy atom. The van der Waals surface area contributed by atoms with Crippen molar-refractivity contribution < 1.29 is 22.7 Å². The van der Waals surface area contributed by atoms with Crippen molar-refractivity contribution in [3.8, 4) is 0 Å². The molecule has 0 radical (unpaired) electrons. The molecule has 1 N–H and O–H groups in total. The molecule has 2 aromatic heterocycles. The molecule has 0 saturated carbocycles. The van der Waals surface area contributed by atoms with E-state index in [0.717, 1.165) is 30.4 Å². The predicted octanol–water partition coefficient (Wildman–Crippen LogP) is 3.58. The summed E-state index contributed by atoms with van der Waals surface area (Å²) in [6.45, 7) is 7.86. The van der Waals surface area contributed by atoms with Crippen molar-refractivity contribution in [1.82, 2.24) is 19.9 Å². The molecular weight excluding hydrogens is 437 g/mol. The Hall–Kier alpha value is -2.95. The zero-order chi connectivity index (χ0) is 23.8. The van der Waals surface area contributed by atoms with Crippen LogP contribution in [0.15, 0.2) is 24.4 Å². The average Bonchev–Trinajstić information content (AvgIpc) is 3.23. The van der Waals surface area contributed by atoms with E-state index in [9.17, 15) is 18.0 Å². The lowest BCUT2D eigenvalue weighted by atomic mass is 10.0. The van der Waals surface area contributed by atoms with Gasteiger partial charge in [-0.3, -0.25) is 4.79 Å². The van der Waals surface area contributed by atoms with Crippen LogP contribution in [0.2, 0.25) is 0 Å². The number of likely N-dealkylation sites (tertiary alicyclic amines) is 1.